The van der Waals surface area contributed by atoms with Crippen molar-refractivity contribution >= 4 is 23.5 Å². The van der Waals surface area contributed by atoms with Crippen LogP contribution in [-0.4, -0.2) is 47.2 Å². The number of pyridine rings is 1. The van der Waals surface area contributed by atoms with Gasteiger partial charge in [0.15, 0.2) is 0 Å². The monoisotopic (exact) mass is 408 g/mol. The minimum atomic E-state index is -1.19. The predicted molar refractivity (Wildman–Crippen MR) is 108 cm³/mol. The minimum Gasteiger partial charge on any atom is -0.371 e. The summed E-state index contributed by atoms with van der Waals surface area (Å²) in [6, 6.07) is 4.23. The number of hydrogen-bond acceptors (Lipinski definition) is 6. The van der Waals surface area contributed by atoms with Gasteiger partial charge < -0.3 is 15.4 Å². The van der Waals surface area contributed by atoms with E-state index in [2.05, 4.69) is 15.6 Å². The molecule has 4 N–H and O–H groups in total. The molecule has 1 rings (SSSR count). The Balaban J connectivity index is 3.09. The quantitative estimate of drug-likeness (QED) is 0.364. The molecule has 0 bridgehead atoms. The summed E-state index contributed by atoms with van der Waals surface area (Å²) in [7, 11) is 1.29. The van der Waals surface area contributed by atoms with Crippen LogP contribution in [0.5, 0.6) is 0 Å². The van der Waals surface area contributed by atoms with Gasteiger partial charge in [0.25, 0.3) is 5.91 Å². The maximum absolute atomic E-state index is 13.1. The fourth-order valence-corrected chi connectivity index (χ4v) is 2.95. The summed E-state index contributed by atoms with van der Waals surface area (Å²) in [5, 5.41) is 14.4. The molecule has 0 aromatic carbocycles. The van der Waals surface area contributed by atoms with Crippen LogP contribution in [0.4, 0.5) is 5.82 Å². The highest BCUT2D eigenvalue weighted by molar-refractivity contribution is 5.98. The third-order valence-electron chi connectivity index (χ3n) is 4.38. The highest BCUT2D eigenvalue weighted by Crippen LogP contribution is 2.24. The van der Waals surface area contributed by atoms with Crippen LogP contribution < -0.4 is 16.1 Å². The Labute approximate surface area is 171 Å². The number of hydrogen-bond donors (Lipinski definition) is 4. The van der Waals surface area contributed by atoms with Crippen LogP contribution in [0.15, 0.2) is 24.4 Å². The second-order valence-corrected chi connectivity index (χ2v) is 8.38. The maximum Gasteiger partial charge on any atom is 0.273 e. The van der Waals surface area contributed by atoms with E-state index < -0.39 is 41.2 Å². The Morgan fingerprint density at radius 1 is 1.14 bits per heavy atom. The largest absolute Gasteiger partial charge is 0.371 e. The van der Waals surface area contributed by atoms with Crippen LogP contribution in [0.3, 0.4) is 0 Å². The molecule has 9 heteroatoms. The van der Waals surface area contributed by atoms with Crippen molar-refractivity contribution in [2.75, 3.05) is 12.4 Å². The van der Waals surface area contributed by atoms with Crippen molar-refractivity contribution in [2.45, 2.75) is 53.2 Å². The molecule has 162 valence electrons. The molecule has 29 heavy (non-hydrogen) atoms. The molecule has 0 aliphatic heterocycles. The minimum absolute atomic E-state index is 0.0744. The number of nitrogens with one attached hydrogen (secondary N) is 3. The van der Waals surface area contributed by atoms with E-state index in [9.17, 15) is 14.4 Å². The number of anilines is 1. The van der Waals surface area contributed by atoms with E-state index in [1.807, 2.05) is 34.6 Å². The lowest BCUT2D eigenvalue weighted by Gasteiger charge is -2.33. The van der Waals surface area contributed by atoms with Crippen molar-refractivity contribution in [3.63, 3.8) is 0 Å². The Bertz CT molecular complexity index is 688. The van der Waals surface area contributed by atoms with Gasteiger partial charge in [0.1, 0.15) is 18.0 Å². The average molecular weight is 408 g/mol. The Morgan fingerprint density at radius 2 is 1.79 bits per heavy atom. The highest BCUT2D eigenvalue weighted by Gasteiger charge is 2.39. The topological polar surface area (TPSA) is 130 Å². The van der Waals surface area contributed by atoms with Gasteiger partial charge in [-0.25, -0.2) is 10.5 Å². The van der Waals surface area contributed by atoms with Gasteiger partial charge in [-0.1, -0.05) is 40.7 Å². The second-order valence-electron chi connectivity index (χ2n) is 8.38. The number of aromatic nitrogens is 1. The van der Waals surface area contributed by atoms with E-state index >= 15 is 0 Å². The molecular weight excluding hydrogens is 376 g/mol. The number of hydroxylamine groups is 1. The highest BCUT2D eigenvalue weighted by atomic mass is 16.5. The molecule has 0 saturated carbocycles. The molecule has 0 aliphatic carbocycles. The lowest BCUT2D eigenvalue weighted by atomic mass is 9.84. The third kappa shape index (κ3) is 7.43. The number of ether oxygens (including phenoxy) is 1. The summed E-state index contributed by atoms with van der Waals surface area (Å²) < 4.78 is 5.17. The Kier molecular flexibility index (Phi) is 9.19. The third-order valence-corrected chi connectivity index (χ3v) is 4.38. The predicted octanol–water partition coefficient (Wildman–Crippen LogP) is 1.73. The van der Waals surface area contributed by atoms with Crippen LogP contribution >= 0.6 is 0 Å². The molecule has 3 amide bonds. The first-order valence-corrected chi connectivity index (χ1v) is 9.50. The van der Waals surface area contributed by atoms with Crippen LogP contribution in [0.2, 0.25) is 0 Å². The number of carbonyl (C=O) groups excluding carboxylic acids is 3. The molecule has 0 aliphatic rings. The van der Waals surface area contributed by atoms with Crippen molar-refractivity contribution in [3.8, 4) is 0 Å². The second kappa shape index (κ2) is 10.9. The van der Waals surface area contributed by atoms with Crippen molar-refractivity contribution in [1.82, 2.24) is 15.8 Å². The fourth-order valence-electron chi connectivity index (χ4n) is 2.95. The summed E-state index contributed by atoms with van der Waals surface area (Å²) in [5.41, 5.74) is 0.920. The summed E-state index contributed by atoms with van der Waals surface area (Å²) >= 11 is 0. The van der Waals surface area contributed by atoms with Gasteiger partial charge >= 0.3 is 0 Å². The van der Waals surface area contributed by atoms with Crippen molar-refractivity contribution < 1.29 is 24.3 Å². The molecule has 9 nitrogen and oxygen atoms in total. The van der Waals surface area contributed by atoms with E-state index in [1.54, 1.807) is 24.4 Å². The van der Waals surface area contributed by atoms with Crippen LogP contribution in [0.25, 0.3) is 0 Å². The summed E-state index contributed by atoms with van der Waals surface area (Å²) in [4.78, 5) is 42.0. The summed E-state index contributed by atoms with van der Waals surface area (Å²) in [5.74, 6) is -2.20. The molecule has 0 radical (unpaired) electrons. The summed E-state index contributed by atoms with van der Waals surface area (Å²) in [6.07, 6.45) is 0.688. The Hall–Kier alpha value is -2.52. The average Bonchev–Trinajstić information content (AvgIpc) is 2.64. The molecule has 0 fully saturated rings. The SMILES string of the molecule is CO[C@H](C(=O)NO)[C@H](CC(C)C)C(=O)NC(C(=O)Nc1ccccn1)C(C)(C)C. The lowest BCUT2D eigenvalue weighted by molar-refractivity contribution is -0.149. The number of methoxy groups -OCH3 is 1. The zero-order chi connectivity index (χ0) is 22.2. The fraction of sp³-hybridized carbons (Fsp3) is 0.600. The molecular formula is C20H32N4O5. The van der Waals surface area contributed by atoms with Crippen LogP contribution in [-0.2, 0) is 19.1 Å². The molecule has 0 saturated heterocycles. The number of carbonyl (C=O) groups is 3. The molecule has 1 heterocycles. The van der Waals surface area contributed by atoms with Gasteiger partial charge in [0.05, 0.1) is 5.92 Å². The first kappa shape index (κ1) is 24.5. The first-order chi connectivity index (χ1) is 13.5. The molecule has 3 atom stereocenters. The van der Waals surface area contributed by atoms with E-state index in [-0.39, 0.29) is 5.92 Å². The van der Waals surface area contributed by atoms with Crippen molar-refractivity contribution in [2.24, 2.45) is 17.3 Å². The van der Waals surface area contributed by atoms with Gasteiger partial charge in [0, 0.05) is 13.3 Å². The van der Waals surface area contributed by atoms with Crippen LogP contribution in [0.1, 0.15) is 41.0 Å². The van der Waals surface area contributed by atoms with E-state index in [4.69, 9.17) is 9.94 Å². The smallest absolute Gasteiger partial charge is 0.273 e. The van der Waals surface area contributed by atoms with Gasteiger partial charge in [-0.2, -0.15) is 0 Å². The van der Waals surface area contributed by atoms with Gasteiger partial charge in [-0.05, 0) is 29.9 Å². The maximum atomic E-state index is 13.1. The lowest BCUT2D eigenvalue weighted by Crippen LogP contribution is -2.55. The van der Waals surface area contributed by atoms with E-state index in [0.29, 0.717) is 12.2 Å². The first-order valence-electron chi connectivity index (χ1n) is 9.50. The van der Waals surface area contributed by atoms with Gasteiger partial charge in [0.2, 0.25) is 11.8 Å². The van der Waals surface area contributed by atoms with Gasteiger partial charge in [-0.3, -0.25) is 19.6 Å². The molecule has 1 aromatic rings. The standard InChI is InChI=1S/C20H32N4O5/c1-12(2)11-13(15(29-6)18(26)24-28)17(25)23-16(20(3,4)5)19(27)22-14-9-7-8-10-21-14/h7-10,12-13,15-16,28H,11H2,1-6H3,(H,23,25)(H,24,26)(H,21,22,27)/t13-,15-,16?/m0/s1. The van der Waals surface area contributed by atoms with Gasteiger partial charge in [-0.15, -0.1) is 0 Å². The normalized spacial score (nSPS) is 14.6. The molecule has 1 aromatic heterocycles. The summed E-state index contributed by atoms with van der Waals surface area (Å²) in [6.45, 7) is 9.27. The zero-order valence-corrected chi connectivity index (χ0v) is 17.9. The van der Waals surface area contributed by atoms with E-state index in [0.717, 1.165) is 0 Å². The van der Waals surface area contributed by atoms with Crippen molar-refractivity contribution in [3.05, 3.63) is 24.4 Å². The van der Waals surface area contributed by atoms with E-state index in [1.165, 1.54) is 12.6 Å². The van der Waals surface area contributed by atoms with Crippen LogP contribution in [0, 0.1) is 17.3 Å². The number of nitrogens with zero attached hydrogens (tertiary/aromatic N) is 1. The molecule has 0 spiro atoms. The van der Waals surface area contributed by atoms with Crippen molar-refractivity contribution in [1.29, 1.82) is 0 Å². The number of amides is 3. The number of rotatable bonds is 9. The zero-order valence-electron chi connectivity index (χ0n) is 17.9. The molecule has 1 unspecified atom stereocenters. The Morgan fingerprint density at radius 3 is 2.24 bits per heavy atom.